The van der Waals surface area contributed by atoms with Crippen LogP contribution in [0.1, 0.15) is 30.9 Å². The minimum absolute atomic E-state index is 0.114. The standard InChI is InChI=1S/C12H14Br2O/c1-7-4-5-10(11(13)6-7)8(2)12(14)9(3)15/h4-6,8,12H,1-3H3. The molecule has 0 amide bonds. The summed E-state index contributed by atoms with van der Waals surface area (Å²) in [4.78, 5) is 11.2. The minimum atomic E-state index is -0.114. The Morgan fingerprint density at radius 3 is 2.47 bits per heavy atom. The maximum absolute atomic E-state index is 11.3. The van der Waals surface area contributed by atoms with Gasteiger partial charge in [0.2, 0.25) is 0 Å². The largest absolute Gasteiger partial charge is 0.299 e. The molecule has 0 spiro atoms. The maximum atomic E-state index is 11.3. The summed E-state index contributed by atoms with van der Waals surface area (Å²) < 4.78 is 1.07. The first kappa shape index (κ1) is 12.9. The molecule has 1 rings (SSSR count). The van der Waals surface area contributed by atoms with Crippen molar-refractivity contribution >= 4 is 37.6 Å². The first-order valence-electron chi connectivity index (χ1n) is 4.84. The third-order valence-electron chi connectivity index (χ3n) is 2.47. The molecule has 0 saturated carbocycles. The molecule has 0 aromatic heterocycles. The molecule has 1 nitrogen and oxygen atoms in total. The number of aryl methyl sites for hydroxylation is 1. The molecule has 0 N–H and O–H groups in total. The number of hydrogen-bond acceptors (Lipinski definition) is 1. The molecule has 0 aliphatic heterocycles. The van der Waals surface area contributed by atoms with Crippen LogP contribution in [0.4, 0.5) is 0 Å². The van der Waals surface area contributed by atoms with Gasteiger partial charge in [-0.25, -0.2) is 0 Å². The number of benzene rings is 1. The molecule has 0 fully saturated rings. The SMILES string of the molecule is CC(=O)C(Br)C(C)c1ccc(C)cc1Br. The average molecular weight is 334 g/mol. The number of alkyl halides is 1. The summed E-state index contributed by atoms with van der Waals surface area (Å²) in [5.74, 6) is 0.340. The second-order valence-corrected chi connectivity index (χ2v) is 5.67. The molecule has 0 bridgehead atoms. The normalized spacial score (nSPS) is 14.7. The number of Topliss-reactive ketones (excluding diaryl/α,β-unsaturated/α-hetero) is 1. The first-order valence-corrected chi connectivity index (χ1v) is 6.55. The second kappa shape index (κ2) is 5.26. The molecular formula is C12H14Br2O. The van der Waals surface area contributed by atoms with Crippen LogP contribution < -0.4 is 0 Å². The third kappa shape index (κ3) is 3.15. The number of ketones is 1. The summed E-state index contributed by atoms with van der Waals surface area (Å²) in [5, 5.41) is 0. The lowest BCUT2D eigenvalue weighted by Gasteiger charge is -2.18. The summed E-state index contributed by atoms with van der Waals surface area (Å²) in [6.07, 6.45) is 0. The van der Waals surface area contributed by atoms with Gasteiger partial charge in [-0.15, -0.1) is 0 Å². The summed E-state index contributed by atoms with van der Waals surface area (Å²) in [6.45, 7) is 5.71. The van der Waals surface area contributed by atoms with E-state index in [1.165, 1.54) is 5.56 Å². The van der Waals surface area contributed by atoms with E-state index in [4.69, 9.17) is 0 Å². The molecule has 0 radical (unpaired) electrons. The maximum Gasteiger partial charge on any atom is 0.144 e. The molecule has 0 aliphatic rings. The fraction of sp³-hybridized carbons (Fsp3) is 0.417. The molecular weight excluding hydrogens is 320 g/mol. The lowest BCUT2D eigenvalue weighted by atomic mass is 9.95. The summed E-state index contributed by atoms with van der Waals surface area (Å²) in [7, 11) is 0. The first-order chi connectivity index (χ1) is 6.93. The zero-order valence-corrected chi connectivity index (χ0v) is 12.2. The van der Waals surface area contributed by atoms with Crippen LogP contribution in [0.3, 0.4) is 0 Å². The Morgan fingerprint density at radius 2 is 2.00 bits per heavy atom. The fourth-order valence-electron chi connectivity index (χ4n) is 1.51. The van der Waals surface area contributed by atoms with E-state index in [9.17, 15) is 4.79 Å². The summed E-state index contributed by atoms with van der Waals surface area (Å²) in [5.41, 5.74) is 2.38. The van der Waals surface area contributed by atoms with Gasteiger partial charge in [0, 0.05) is 10.4 Å². The number of carbonyl (C=O) groups is 1. The van der Waals surface area contributed by atoms with E-state index >= 15 is 0 Å². The van der Waals surface area contributed by atoms with Crippen LogP contribution in [0.2, 0.25) is 0 Å². The zero-order chi connectivity index (χ0) is 11.6. The molecule has 0 heterocycles. The van der Waals surface area contributed by atoms with Crippen molar-refractivity contribution in [1.82, 2.24) is 0 Å². The van der Waals surface area contributed by atoms with E-state index in [0.29, 0.717) is 0 Å². The van der Waals surface area contributed by atoms with Crippen molar-refractivity contribution < 1.29 is 4.79 Å². The van der Waals surface area contributed by atoms with Crippen LogP contribution in [0, 0.1) is 6.92 Å². The Bertz CT molecular complexity index is 374. The predicted octanol–water partition coefficient (Wildman–Crippen LogP) is 4.21. The molecule has 0 saturated heterocycles. The number of halogens is 2. The van der Waals surface area contributed by atoms with Gasteiger partial charge in [0.05, 0.1) is 4.83 Å². The van der Waals surface area contributed by atoms with E-state index in [-0.39, 0.29) is 16.5 Å². The van der Waals surface area contributed by atoms with E-state index in [0.717, 1.165) is 10.0 Å². The minimum Gasteiger partial charge on any atom is -0.299 e. The highest BCUT2D eigenvalue weighted by molar-refractivity contribution is 9.10. The lowest BCUT2D eigenvalue weighted by molar-refractivity contribution is -0.116. The Labute approximate surface area is 108 Å². The molecule has 2 unspecified atom stereocenters. The van der Waals surface area contributed by atoms with Crippen molar-refractivity contribution in [2.75, 3.05) is 0 Å². The van der Waals surface area contributed by atoms with E-state index in [1.54, 1.807) is 6.92 Å². The highest BCUT2D eigenvalue weighted by Gasteiger charge is 2.21. The van der Waals surface area contributed by atoms with E-state index < -0.39 is 0 Å². The molecule has 0 aliphatic carbocycles. The van der Waals surface area contributed by atoms with Crippen molar-refractivity contribution in [3.63, 3.8) is 0 Å². The van der Waals surface area contributed by atoms with Gasteiger partial charge in [-0.3, -0.25) is 4.79 Å². The highest BCUT2D eigenvalue weighted by atomic mass is 79.9. The number of hydrogen-bond donors (Lipinski definition) is 0. The van der Waals surface area contributed by atoms with Crippen molar-refractivity contribution in [2.45, 2.75) is 31.5 Å². The molecule has 3 heteroatoms. The Morgan fingerprint density at radius 1 is 1.40 bits per heavy atom. The van der Waals surface area contributed by atoms with Crippen LogP contribution in [0.25, 0.3) is 0 Å². The van der Waals surface area contributed by atoms with Crippen LogP contribution in [0.5, 0.6) is 0 Å². The van der Waals surface area contributed by atoms with Gasteiger partial charge in [-0.05, 0) is 31.0 Å². The van der Waals surface area contributed by atoms with E-state index in [2.05, 4.69) is 63.9 Å². The lowest BCUT2D eigenvalue weighted by Crippen LogP contribution is -2.17. The molecule has 1 aromatic rings. The summed E-state index contributed by atoms with van der Waals surface area (Å²) >= 11 is 6.96. The van der Waals surface area contributed by atoms with Gasteiger partial charge in [0.1, 0.15) is 5.78 Å². The van der Waals surface area contributed by atoms with Gasteiger partial charge >= 0.3 is 0 Å². The Balaban J connectivity index is 3.01. The fourth-order valence-corrected chi connectivity index (χ4v) is 2.65. The van der Waals surface area contributed by atoms with Crippen molar-refractivity contribution in [2.24, 2.45) is 0 Å². The quantitative estimate of drug-likeness (QED) is 0.757. The molecule has 82 valence electrons. The molecule has 2 atom stereocenters. The Kier molecular flexibility index (Phi) is 4.53. The van der Waals surface area contributed by atoms with Crippen LogP contribution in [-0.4, -0.2) is 10.6 Å². The average Bonchev–Trinajstić information content (AvgIpc) is 2.15. The van der Waals surface area contributed by atoms with Gasteiger partial charge in [0.15, 0.2) is 0 Å². The van der Waals surface area contributed by atoms with Crippen molar-refractivity contribution in [1.29, 1.82) is 0 Å². The van der Waals surface area contributed by atoms with Gasteiger partial charge in [0.25, 0.3) is 0 Å². The van der Waals surface area contributed by atoms with Crippen LogP contribution in [0.15, 0.2) is 22.7 Å². The molecule has 15 heavy (non-hydrogen) atoms. The van der Waals surface area contributed by atoms with Crippen molar-refractivity contribution in [3.8, 4) is 0 Å². The van der Waals surface area contributed by atoms with Gasteiger partial charge in [-0.1, -0.05) is 50.9 Å². The van der Waals surface area contributed by atoms with Crippen LogP contribution in [-0.2, 0) is 4.79 Å². The van der Waals surface area contributed by atoms with Gasteiger partial charge < -0.3 is 0 Å². The number of carbonyl (C=O) groups excluding carboxylic acids is 1. The van der Waals surface area contributed by atoms with Crippen molar-refractivity contribution in [3.05, 3.63) is 33.8 Å². The second-order valence-electron chi connectivity index (χ2n) is 3.83. The topological polar surface area (TPSA) is 17.1 Å². The predicted molar refractivity (Wildman–Crippen MR) is 70.7 cm³/mol. The molecule has 1 aromatic carbocycles. The smallest absolute Gasteiger partial charge is 0.144 e. The monoisotopic (exact) mass is 332 g/mol. The third-order valence-corrected chi connectivity index (χ3v) is 4.60. The Hall–Kier alpha value is -0.150. The van der Waals surface area contributed by atoms with Crippen LogP contribution >= 0.6 is 31.9 Å². The van der Waals surface area contributed by atoms with E-state index in [1.807, 2.05) is 0 Å². The summed E-state index contributed by atoms with van der Waals surface area (Å²) in [6, 6.07) is 6.21. The number of rotatable bonds is 3. The van der Waals surface area contributed by atoms with Gasteiger partial charge in [-0.2, -0.15) is 0 Å². The highest BCUT2D eigenvalue weighted by Crippen LogP contribution is 2.31. The zero-order valence-electron chi connectivity index (χ0n) is 9.05.